The monoisotopic (exact) mass is 240 g/mol. The number of Topliss-reactive ketones (excluding diaryl/α,β-unsaturated/α-hetero) is 1. The smallest absolute Gasteiger partial charge is 0.330 e. The molecule has 0 heterocycles. The van der Waals surface area contributed by atoms with E-state index in [1.165, 1.54) is 26.2 Å². The van der Waals surface area contributed by atoms with E-state index in [9.17, 15) is 9.59 Å². The Kier molecular flexibility index (Phi) is 9.40. The molecule has 1 unspecified atom stereocenters. The molecule has 0 aliphatic carbocycles. The molecule has 0 fully saturated rings. The molecule has 0 bridgehead atoms. The molecule has 0 spiro atoms. The molecule has 98 valence electrons. The second kappa shape index (κ2) is 10.1. The van der Waals surface area contributed by atoms with Crippen LogP contribution < -0.4 is 0 Å². The zero-order chi connectivity index (χ0) is 13.1. The van der Waals surface area contributed by atoms with E-state index >= 15 is 0 Å². The third-order valence-corrected chi connectivity index (χ3v) is 2.59. The van der Waals surface area contributed by atoms with Gasteiger partial charge in [0.15, 0.2) is 0 Å². The Hall–Kier alpha value is -1.12. The molecule has 17 heavy (non-hydrogen) atoms. The number of ether oxygens (including phenoxy) is 1. The topological polar surface area (TPSA) is 43.4 Å². The summed E-state index contributed by atoms with van der Waals surface area (Å²) in [6.07, 6.45) is 7.74. The first kappa shape index (κ1) is 15.9. The Morgan fingerprint density at radius 1 is 1.24 bits per heavy atom. The minimum Gasteiger partial charge on any atom is -0.459 e. The van der Waals surface area contributed by atoms with Gasteiger partial charge in [-0.25, -0.2) is 4.79 Å². The van der Waals surface area contributed by atoms with Gasteiger partial charge in [0.05, 0.1) is 0 Å². The van der Waals surface area contributed by atoms with Gasteiger partial charge in [0.25, 0.3) is 0 Å². The number of carbonyl (C=O) groups is 2. The number of unbranched alkanes of at least 4 members (excludes halogenated alkanes) is 4. The lowest BCUT2D eigenvalue weighted by Crippen LogP contribution is -2.19. The largest absolute Gasteiger partial charge is 0.459 e. The fourth-order valence-electron chi connectivity index (χ4n) is 1.71. The average molecular weight is 240 g/mol. The predicted molar refractivity (Wildman–Crippen MR) is 68.8 cm³/mol. The molecule has 3 nitrogen and oxygen atoms in total. The lowest BCUT2D eigenvalue weighted by molar-refractivity contribution is -0.144. The van der Waals surface area contributed by atoms with Crippen molar-refractivity contribution in [2.75, 3.05) is 0 Å². The first-order chi connectivity index (χ1) is 8.10. The van der Waals surface area contributed by atoms with E-state index in [1.54, 1.807) is 0 Å². The van der Waals surface area contributed by atoms with Crippen LogP contribution in [0.15, 0.2) is 12.7 Å². The minimum absolute atomic E-state index is 0.0559. The second-order valence-electron chi connectivity index (χ2n) is 4.37. The highest BCUT2D eigenvalue weighted by Crippen LogP contribution is 2.13. The molecule has 0 rings (SSSR count). The first-order valence-electron chi connectivity index (χ1n) is 6.42. The van der Waals surface area contributed by atoms with Gasteiger partial charge < -0.3 is 4.74 Å². The molecule has 0 amide bonds. The van der Waals surface area contributed by atoms with Crippen molar-refractivity contribution < 1.29 is 14.3 Å². The quantitative estimate of drug-likeness (QED) is 0.334. The lowest BCUT2D eigenvalue weighted by atomic mass is 10.0. The van der Waals surface area contributed by atoms with Crippen molar-refractivity contribution in [3.05, 3.63) is 12.7 Å². The first-order valence-corrected chi connectivity index (χ1v) is 6.42. The van der Waals surface area contributed by atoms with Crippen LogP contribution in [-0.4, -0.2) is 17.9 Å². The van der Waals surface area contributed by atoms with E-state index < -0.39 is 5.97 Å². The highest BCUT2D eigenvalue weighted by Gasteiger charge is 2.14. The summed E-state index contributed by atoms with van der Waals surface area (Å²) in [4.78, 5) is 22.1. The Morgan fingerprint density at radius 2 is 1.88 bits per heavy atom. The fraction of sp³-hybridized carbons (Fsp3) is 0.714. The third-order valence-electron chi connectivity index (χ3n) is 2.59. The van der Waals surface area contributed by atoms with Gasteiger partial charge in [-0.1, -0.05) is 39.2 Å². The Balaban J connectivity index is 3.88. The van der Waals surface area contributed by atoms with E-state index in [1.807, 2.05) is 0 Å². The molecule has 0 aromatic carbocycles. The molecule has 0 N–H and O–H groups in total. The summed E-state index contributed by atoms with van der Waals surface area (Å²) in [6, 6.07) is 0. The molecule has 0 aromatic heterocycles. The van der Waals surface area contributed by atoms with Crippen LogP contribution in [-0.2, 0) is 14.3 Å². The van der Waals surface area contributed by atoms with Gasteiger partial charge in [0, 0.05) is 12.5 Å². The normalized spacial score (nSPS) is 11.9. The molecule has 0 saturated carbocycles. The van der Waals surface area contributed by atoms with E-state index in [-0.39, 0.29) is 11.9 Å². The highest BCUT2D eigenvalue weighted by molar-refractivity contribution is 5.82. The maximum absolute atomic E-state index is 11.1. The van der Waals surface area contributed by atoms with Crippen molar-refractivity contribution in [1.82, 2.24) is 0 Å². The summed E-state index contributed by atoms with van der Waals surface area (Å²) >= 11 is 0. The van der Waals surface area contributed by atoms with Gasteiger partial charge in [-0.3, -0.25) is 4.79 Å². The Morgan fingerprint density at radius 3 is 2.41 bits per heavy atom. The Labute approximate surface area is 104 Å². The second-order valence-corrected chi connectivity index (χ2v) is 4.37. The number of hydrogen-bond donors (Lipinski definition) is 0. The van der Waals surface area contributed by atoms with Crippen LogP contribution in [0.1, 0.15) is 58.8 Å². The number of ketones is 1. The van der Waals surface area contributed by atoms with Crippen LogP contribution in [0.4, 0.5) is 0 Å². The maximum Gasteiger partial charge on any atom is 0.330 e. The van der Waals surface area contributed by atoms with Gasteiger partial charge in [-0.15, -0.1) is 0 Å². The summed E-state index contributed by atoms with van der Waals surface area (Å²) in [5, 5.41) is 0. The summed E-state index contributed by atoms with van der Waals surface area (Å²) in [5.41, 5.74) is 0. The standard InChI is InChI=1S/C14H24O3/c1-4-6-7-8-9-10-13(11-12(3)15)17-14(16)5-2/h5,13H,2,4,6-11H2,1,3H3. The van der Waals surface area contributed by atoms with E-state index in [2.05, 4.69) is 13.5 Å². The molecule has 0 aliphatic heterocycles. The van der Waals surface area contributed by atoms with Crippen LogP contribution in [0.3, 0.4) is 0 Å². The number of rotatable bonds is 10. The van der Waals surface area contributed by atoms with Crippen LogP contribution >= 0.6 is 0 Å². The number of carbonyl (C=O) groups excluding carboxylic acids is 2. The molecular formula is C14H24O3. The van der Waals surface area contributed by atoms with Crippen LogP contribution in [0, 0.1) is 0 Å². The summed E-state index contributed by atoms with van der Waals surface area (Å²) in [7, 11) is 0. The number of hydrogen-bond acceptors (Lipinski definition) is 3. The van der Waals surface area contributed by atoms with Crippen molar-refractivity contribution >= 4 is 11.8 Å². The minimum atomic E-state index is -0.440. The number of esters is 1. The van der Waals surface area contributed by atoms with Gasteiger partial charge in [-0.2, -0.15) is 0 Å². The summed E-state index contributed by atoms with van der Waals surface area (Å²) < 4.78 is 5.14. The SMILES string of the molecule is C=CC(=O)OC(CCCCCCC)CC(C)=O. The van der Waals surface area contributed by atoms with Crippen molar-refractivity contribution in [2.45, 2.75) is 64.9 Å². The van der Waals surface area contributed by atoms with E-state index in [0.29, 0.717) is 6.42 Å². The predicted octanol–water partition coefficient (Wildman–Crippen LogP) is 3.42. The van der Waals surface area contributed by atoms with Crippen LogP contribution in [0.5, 0.6) is 0 Å². The zero-order valence-corrected chi connectivity index (χ0v) is 11.0. The maximum atomic E-state index is 11.1. The average Bonchev–Trinajstić information content (AvgIpc) is 2.27. The Bertz CT molecular complexity index is 246. The van der Waals surface area contributed by atoms with Crippen LogP contribution in [0.25, 0.3) is 0 Å². The summed E-state index contributed by atoms with van der Waals surface area (Å²) in [5.74, 6) is -0.384. The van der Waals surface area contributed by atoms with Gasteiger partial charge >= 0.3 is 5.97 Å². The fourth-order valence-corrected chi connectivity index (χ4v) is 1.71. The third kappa shape index (κ3) is 9.79. The van der Waals surface area contributed by atoms with Crippen molar-refractivity contribution in [1.29, 1.82) is 0 Å². The van der Waals surface area contributed by atoms with Crippen molar-refractivity contribution in [3.63, 3.8) is 0 Å². The van der Waals surface area contributed by atoms with Gasteiger partial charge in [-0.05, 0) is 19.8 Å². The zero-order valence-electron chi connectivity index (χ0n) is 11.0. The van der Waals surface area contributed by atoms with E-state index in [4.69, 9.17) is 4.74 Å². The molecule has 3 heteroatoms. The molecule has 0 saturated heterocycles. The van der Waals surface area contributed by atoms with Crippen molar-refractivity contribution in [2.24, 2.45) is 0 Å². The van der Waals surface area contributed by atoms with Crippen LogP contribution in [0.2, 0.25) is 0 Å². The molecule has 0 aromatic rings. The highest BCUT2D eigenvalue weighted by atomic mass is 16.5. The van der Waals surface area contributed by atoms with Crippen molar-refractivity contribution in [3.8, 4) is 0 Å². The lowest BCUT2D eigenvalue weighted by Gasteiger charge is -2.15. The molecule has 0 radical (unpaired) electrons. The van der Waals surface area contributed by atoms with Gasteiger partial charge in [0.2, 0.25) is 0 Å². The molecule has 1 atom stereocenters. The van der Waals surface area contributed by atoms with Gasteiger partial charge in [0.1, 0.15) is 11.9 Å². The molecule has 0 aliphatic rings. The summed E-state index contributed by atoms with van der Waals surface area (Å²) in [6.45, 7) is 7.04. The molecular weight excluding hydrogens is 216 g/mol. The van der Waals surface area contributed by atoms with E-state index in [0.717, 1.165) is 25.3 Å².